The second-order valence-electron chi connectivity index (χ2n) is 4.68. The van der Waals surface area contributed by atoms with Gasteiger partial charge in [-0.25, -0.2) is 4.79 Å². The maximum absolute atomic E-state index is 11.7. The molecule has 0 aliphatic heterocycles. The number of rotatable bonds is 4. The van der Waals surface area contributed by atoms with E-state index in [2.05, 4.69) is 10.3 Å². The summed E-state index contributed by atoms with van der Waals surface area (Å²) in [5, 5.41) is 12.1. The van der Waals surface area contributed by atoms with Crippen molar-refractivity contribution in [1.29, 1.82) is 0 Å². The Bertz CT molecular complexity index is 542. The van der Waals surface area contributed by atoms with Crippen LogP contribution in [-0.2, 0) is 11.3 Å². The first-order chi connectivity index (χ1) is 8.22. The monoisotopic (exact) mass is 255 g/mol. The molecule has 0 bridgehead atoms. The van der Waals surface area contributed by atoms with E-state index in [0.717, 1.165) is 10.6 Å². The molecular weight excluding hydrogens is 238 g/mol. The maximum Gasteiger partial charge on any atom is 0.328 e. The van der Waals surface area contributed by atoms with E-state index in [4.69, 9.17) is 0 Å². The topological polar surface area (TPSA) is 104 Å². The van der Waals surface area contributed by atoms with Gasteiger partial charge in [0.15, 0.2) is 0 Å². The minimum absolute atomic E-state index is 0.217. The second-order valence-corrected chi connectivity index (χ2v) is 4.68. The molecule has 1 unspecified atom stereocenters. The van der Waals surface area contributed by atoms with Crippen LogP contribution in [0.3, 0.4) is 0 Å². The number of carbonyl (C=O) groups is 1. The van der Waals surface area contributed by atoms with Crippen LogP contribution >= 0.6 is 0 Å². The highest BCUT2D eigenvalue weighted by Gasteiger charge is 2.25. The molecule has 1 rings (SSSR count). The minimum Gasteiger partial charge on any atom is -0.391 e. The van der Waals surface area contributed by atoms with Crippen LogP contribution in [0.2, 0.25) is 0 Å². The van der Waals surface area contributed by atoms with Gasteiger partial charge in [-0.3, -0.25) is 19.1 Å². The highest BCUT2D eigenvalue weighted by molar-refractivity contribution is 5.76. The molecule has 1 aromatic heterocycles. The highest BCUT2D eigenvalue weighted by atomic mass is 16.3. The molecule has 0 aliphatic carbocycles. The fraction of sp³-hybridized carbons (Fsp3) is 0.545. The fourth-order valence-corrected chi connectivity index (χ4v) is 1.23. The Kier molecular flexibility index (Phi) is 4.07. The van der Waals surface area contributed by atoms with Gasteiger partial charge < -0.3 is 10.4 Å². The molecule has 0 aromatic carbocycles. The average molecular weight is 255 g/mol. The Morgan fingerprint density at radius 3 is 2.67 bits per heavy atom. The molecule has 18 heavy (non-hydrogen) atoms. The Hall–Kier alpha value is -1.89. The zero-order chi connectivity index (χ0) is 13.9. The average Bonchev–Trinajstić information content (AvgIpc) is 2.21. The third-order valence-corrected chi connectivity index (χ3v) is 2.72. The molecule has 100 valence electrons. The summed E-state index contributed by atoms with van der Waals surface area (Å²) in [6, 6.07) is 1.16. The number of nitrogens with one attached hydrogen (secondary N) is 2. The lowest BCUT2D eigenvalue weighted by atomic mass is 9.99. The summed E-state index contributed by atoms with van der Waals surface area (Å²) in [6.45, 7) is 4.69. The third-order valence-electron chi connectivity index (χ3n) is 2.72. The summed E-state index contributed by atoms with van der Waals surface area (Å²) in [5.41, 5.74) is -1.95. The molecule has 1 atom stereocenters. The number of aliphatic hydroxyl groups excluding tert-OH is 1. The van der Waals surface area contributed by atoms with Crippen molar-refractivity contribution in [2.75, 3.05) is 0 Å². The third kappa shape index (κ3) is 3.56. The van der Waals surface area contributed by atoms with Crippen LogP contribution < -0.4 is 16.6 Å². The quantitative estimate of drug-likeness (QED) is 0.629. The molecule has 1 amide bonds. The lowest BCUT2D eigenvalue weighted by Gasteiger charge is -2.29. The van der Waals surface area contributed by atoms with Crippen LogP contribution in [0, 0.1) is 0 Å². The van der Waals surface area contributed by atoms with Gasteiger partial charge in [-0.15, -0.1) is 0 Å². The van der Waals surface area contributed by atoms with E-state index in [1.54, 1.807) is 20.8 Å². The van der Waals surface area contributed by atoms with Crippen molar-refractivity contribution in [2.24, 2.45) is 0 Å². The van der Waals surface area contributed by atoms with Crippen LogP contribution in [-0.4, -0.2) is 32.2 Å². The van der Waals surface area contributed by atoms with Crippen molar-refractivity contribution >= 4 is 5.91 Å². The van der Waals surface area contributed by atoms with Crippen LogP contribution in [0.1, 0.15) is 20.8 Å². The van der Waals surface area contributed by atoms with E-state index in [0.29, 0.717) is 0 Å². The van der Waals surface area contributed by atoms with Crippen molar-refractivity contribution in [3.8, 4) is 0 Å². The molecule has 1 aromatic rings. The number of aromatic nitrogens is 2. The van der Waals surface area contributed by atoms with Gasteiger partial charge in [-0.1, -0.05) is 0 Å². The first-order valence-electron chi connectivity index (χ1n) is 5.51. The summed E-state index contributed by atoms with van der Waals surface area (Å²) in [6.07, 6.45) is 0.518. The number of aromatic amines is 1. The SMILES string of the molecule is CC(O)C(C)(C)NC(=O)Cn1ccc(=O)[nH]c1=O. The van der Waals surface area contributed by atoms with Crippen LogP contribution in [0.25, 0.3) is 0 Å². The molecule has 3 N–H and O–H groups in total. The predicted octanol–water partition coefficient (Wildman–Crippen LogP) is -1.19. The van der Waals surface area contributed by atoms with Crippen molar-refractivity contribution in [3.05, 3.63) is 33.1 Å². The first-order valence-corrected chi connectivity index (χ1v) is 5.51. The molecule has 1 heterocycles. The Labute approximate surface area is 103 Å². The number of H-pyrrole nitrogens is 1. The smallest absolute Gasteiger partial charge is 0.328 e. The number of hydrogen-bond acceptors (Lipinski definition) is 4. The van der Waals surface area contributed by atoms with Crippen LogP contribution in [0.15, 0.2) is 21.9 Å². The van der Waals surface area contributed by atoms with Crippen molar-refractivity contribution in [3.63, 3.8) is 0 Å². The number of nitrogens with zero attached hydrogens (tertiary/aromatic N) is 1. The van der Waals surface area contributed by atoms with E-state index >= 15 is 0 Å². The van der Waals surface area contributed by atoms with E-state index in [9.17, 15) is 19.5 Å². The molecule has 0 spiro atoms. The molecule has 0 radical (unpaired) electrons. The van der Waals surface area contributed by atoms with E-state index in [1.807, 2.05) is 0 Å². The standard InChI is InChI=1S/C11H17N3O4/c1-7(15)11(2,3)13-9(17)6-14-5-4-8(16)12-10(14)18/h4-5,7,15H,6H2,1-3H3,(H,13,17)(H,12,16,18). The van der Waals surface area contributed by atoms with Gasteiger partial charge in [0, 0.05) is 12.3 Å². The maximum atomic E-state index is 11.7. The van der Waals surface area contributed by atoms with Gasteiger partial charge in [-0.05, 0) is 20.8 Å². The van der Waals surface area contributed by atoms with Gasteiger partial charge in [-0.2, -0.15) is 0 Å². The molecule has 7 heteroatoms. The number of amides is 1. The number of carbonyl (C=O) groups excluding carboxylic acids is 1. The summed E-state index contributed by atoms with van der Waals surface area (Å²) < 4.78 is 1.08. The fourth-order valence-electron chi connectivity index (χ4n) is 1.23. The molecule has 0 saturated heterocycles. The lowest BCUT2D eigenvalue weighted by molar-refractivity contribution is -0.124. The molecule has 7 nitrogen and oxygen atoms in total. The summed E-state index contributed by atoms with van der Waals surface area (Å²) in [4.78, 5) is 35.9. The molecule has 0 saturated carbocycles. The zero-order valence-corrected chi connectivity index (χ0v) is 10.6. The zero-order valence-electron chi connectivity index (χ0n) is 10.6. The Morgan fingerprint density at radius 2 is 2.17 bits per heavy atom. The Balaban J connectivity index is 2.77. The van der Waals surface area contributed by atoms with Crippen molar-refractivity contribution in [1.82, 2.24) is 14.9 Å². The number of aliphatic hydroxyl groups is 1. The van der Waals surface area contributed by atoms with Gasteiger partial charge in [0.2, 0.25) is 5.91 Å². The van der Waals surface area contributed by atoms with E-state index in [1.165, 1.54) is 6.20 Å². The largest absolute Gasteiger partial charge is 0.391 e. The normalized spacial score (nSPS) is 13.1. The second kappa shape index (κ2) is 5.18. The van der Waals surface area contributed by atoms with Gasteiger partial charge >= 0.3 is 5.69 Å². The van der Waals surface area contributed by atoms with Gasteiger partial charge in [0.25, 0.3) is 5.56 Å². The van der Waals surface area contributed by atoms with Crippen LogP contribution in [0.4, 0.5) is 0 Å². The predicted molar refractivity (Wildman–Crippen MR) is 65.2 cm³/mol. The van der Waals surface area contributed by atoms with Gasteiger partial charge in [0.05, 0.1) is 11.6 Å². The van der Waals surface area contributed by atoms with Gasteiger partial charge in [0.1, 0.15) is 6.54 Å². The summed E-state index contributed by atoms with van der Waals surface area (Å²) in [7, 11) is 0. The van der Waals surface area contributed by atoms with Crippen molar-refractivity contribution in [2.45, 2.75) is 39.0 Å². The Morgan fingerprint density at radius 1 is 1.56 bits per heavy atom. The van der Waals surface area contributed by atoms with E-state index in [-0.39, 0.29) is 6.54 Å². The first kappa shape index (κ1) is 14.2. The minimum atomic E-state index is -0.789. The summed E-state index contributed by atoms with van der Waals surface area (Å²) in [5.74, 6) is -0.421. The molecule has 0 fully saturated rings. The lowest BCUT2D eigenvalue weighted by Crippen LogP contribution is -2.52. The van der Waals surface area contributed by atoms with Crippen molar-refractivity contribution < 1.29 is 9.90 Å². The summed E-state index contributed by atoms with van der Waals surface area (Å²) >= 11 is 0. The molecule has 0 aliphatic rings. The molecular formula is C11H17N3O4. The number of hydrogen-bond donors (Lipinski definition) is 3. The van der Waals surface area contributed by atoms with Crippen LogP contribution in [0.5, 0.6) is 0 Å². The highest BCUT2D eigenvalue weighted by Crippen LogP contribution is 2.07. The van der Waals surface area contributed by atoms with E-state index < -0.39 is 28.8 Å².